The van der Waals surface area contributed by atoms with Gasteiger partial charge in [-0.25, -0.2) is 4.98 Å². The van der Waals surface area contributed by atoms with Crippen molar-refractivity contribution in [3.05, 3.63) is 45.9 Å². The van der Waals surface area contributed by atoms with Gasteiger partial charge in [-0.2, -0.15) is 0 Å². The number of ether oxygens (including phenoxy) is 1. The third kappa shape index (κ3) is 3.82. The first kappa shape index (κ1) is 17.6. The molecule has 1 aromatic heterocycles. The van der Waals surface area contributed by atoms with Crippen LogP contribution in [0.3, 0.4) is 0 Å². The van der Waals surface area contributed by atoms with Crippen LogP contribution in [-0.2, 0) is 16.1 Å². The standard InChI is InChI=1S/C20H25N3O2S/c1-14(15-6-8-16(9-7-15)23-10-2-5-19(23)24)21-12-17-13-22-20(26-17)18-4-3-11-25-18/h6-9,13-14,18,21H,2-5,10-12H2,1H3/t14-,18+/m0/s1. The van der Waals surface area contributed by atoms with Crippen molar-refractivity contribution in [2.24, 2.45) is 0 Å². The first-order valence-electron chi connectivity index (χ1n) is 9.40. The number of hydrogen-bond acceptors (Lipinski definition) is 5. The van der Waals surface area contributed by atoms with Crippen LogP contribution in [0.15, 0.2) is 30.5 Å². The Morgan fingerprint density at radius 1 is 1.35 bits per heavy atom. The summed E-state index contributed by atoms with van der Waals surface area (Å²) in [5.41, 5.74) is 2.23. The molecule has 0 spiro atoms. The molecule has 3 heterocycles. The Balaban J connectivity index is 1.33. The summed E-state index contributed by atoms with van der Waals surface area (Å²) in [6, 6.07) is 8.58. The predicted octanol–water partition coefficient (Wildman–Crippen LogP) is 3.97. The smallest absolute Gasteiger partial charge is 0.227 e. The largest absolute Gasteiger partial charge is 0.371 e. The van der Waals surface area contributed by atoms with Gasteiger partial charge in [0.05, 0.1) is 0 Å². The molecule has 4 rings (SSSR count). The Morgan fingerprint density at radius 2 is 2.19 bits per heavy atom. The second-order valence-corrected chi connectivity index (χ2v) is 8.16. The number of amides is 1. The Labute approximate surface area is 158 Å². The average Bonchev–Trinajstić information content (AvgIpc) is 3.41. The lowest BCUT2D eigenvalue weighted by atomic mass is 10.1. The van der Waals surface area contributed by atoms with Gasteiger partial charge in [-0.3, -0.25) is 4.79 Å². The van der Waals surface area contributed by atoms with Gasteiger partial charge in [-0.1, -0.05) is 12.1 Å². The van der Waals surface area contributed by atoms with Gasteiger partial charge in [0.2, 0.25) is 5.91 Å². The Bertz CT molecular complexity index is 753. The van der Waals surface area contributed by atoms with E-state index in [-0.39, 0.29) is 18.1 Å². The van der Waals surface area contributed by atoms with Gasteiger partial charge in [-0.15, -0.1) is 11.3 Å². The summed E-state index contributed by atoms with van der Waals surface area (Å²) in [5, 5.41) is 4.67. The number of aromatic nitrogens is 1. The van der Waals surface area contributed by atoms with Crippen LogP contribution in [0, 0.1) is 0 Å². The van der Waals surface area contributed by atoms with Crippen LogP contribution >= 0.6 is 11.3 Å². The van der Waals surface area contributed by atoms with E-state index in [1.807, 2.05) is 11.1 Å². The number of benzene rings is 1. The SMILES string of the molecule is C[C@H](NCc1cnc([C@H]2CCCO2)s1)c1ccc(N2CCCC2=O)cc1. The topological polar surface area (TPSA) is 54.5 Å². The second-order valence-electron chi connectivity index (χ2n) is 7.01. The molecule has 1 N–H and O–H groups in total. The summed E-state index contributed by atoms with van der Waals surface area (Å²) in [6.07, 6.45) is 6.01. The predicted molar refractivity (Wildman–Crippen MR) is 103 cm³/mol. The molecule has 2 fully saturated rings. The maximum Gasteiger partial charge on any atom is 0.227 e. The van der Waals surface area contributed by atoms with E-state index in [0.717, 1.165) is 49.7 Å². The third-order valence-electron chi connectivity index (χ3n) is 5.14. The van der Waals surface area contributed by atoms with Gasteiger partial charge in [-0.05, 0) is 43.9 Å². The monoisotopic (exact) mass is 371 g/mol. The van der Waals surface area contributed by atoms with E-state index < -0.39 is 0 Å². The lowest BCUT2D eigenvalue weighted by Crippen LogP contribution is -2.23. The van der Waals surface area contributed by atoms with Crippen molar-refractivity contribution in [3.8, 4) is 0 Å². The normalized spacial score (nSPS) is 21.5. The van der Waals surface area contributed by atoms with Crippen LogP contribution in [0.5, 0.6) is 0 Å². The molecular formula is C20H25N3O2S. The van der Waals surface area contributed by atoms with Gasteiger partial charge in [0, 0.05) is 48.9 Å². The summed E-state index contributed by atoms with van der Waals surface area (Å²) in [4.78, 5) is 19.5. The summed E-state index contributed by atoms with van der Waals surface area (Å²) in [6.45, 7) is 4.66. The lowest BCUT2D eigenvalue weighted by molar-refractivity contribution is -0.117. The zero-order valence-electron chi connectivity index (χ0n) is 15.1. The molecule has 5 nitrogen and oxygen atoms in total. The molecule has 0 radical (unpaired) electrons. The molecule has 0 unspecified atom stereocenters. The quantitative estimate of drug-likeness (QED) is 0.835. The molecule has 2 aliphatic heterocycles. The van der Waals surface area contributed by atoms with Crippen molar-refractivity contribution < 1.29 is 9.53 Å². The Kier molecular flexibility index (Phi) is 5.33. The molecule has 2 aliphatic rings. The van der Waals surface area contributed by atoms with Crippen LogP contribution in [-0.4, -0.2) is 24.0 Å². The van der Waals surface area contributed by atoms with Crippen LogP contribution < -0.4 is 10.2 Å². The molecule has 2 atom stereocenters. The van der Waals surface area contributed by atoms with Crippen LogP contribution in [0.4, 0.5) is 5.69 Å². The minimum absolute atomic E-state index is 0.201. The summed E-state index contributed by atoms with van der Waals surface area (Å²) in [7, 11) is 0. The van der Waals surface area contributed by atoms with Crippen LogP contribution in [0.2, 0.25) is 0 Å². The number of carbonyl (C=O) groups is 1. The average molecular weight is 372 g/mol. The van der Waals surface area contributed by atoms with Gasteiger partial charge in [0.15, 0.2) is 0 Å². The highest BCUT2D eigenvalue weighted by Crippen LogP contribution is 2.31. The zero-order valence-corrected chi connectivity index (χ0v) is 15.9. The summed E-state index contributed by atoms with van der Waals surface area (Å²) in [5.74, 6) is 0.233. The van der Waals surface area contributed by atoms with Crippen molar-refractivity contribution in [2.75, 3.05) is 18.1 Å². The van der Waals surface area contributed by atoms with Crippen LogP contribution in [0.25, 0.3) is 0 Å². The van der Waals surface area contributed by atoms with Crippen molar-refractivity contribution >= 4 is 22.9 Å². The number of thiazole rings is 1. The number of anilines is 1. The zero-order chi connectivity index (χ0) is 17.9. The van der Waals surface area contributed by atoms with E-state index in [1.54, 1.807) is 11.3 Å². The highest BCUT2D eigenvalue weighted by atomic mass is 32.1. The Hall–Kier alpha value is -1.76. The van der Waals surface area contributed by atoms with Gasteiger partial charge < -0.3 is 15.0 Å². The van der Waals surface area contributed by atoms with E-state index in [0.29, 0.717) is 6.42 Å². The molecule has 0 bridgehead atoms. The summed E-state index contributed by atoms with van der Waals surface area (Å²) < 4.78 is 5.71. The van der Waals surface area contributed by atoms with Gasteiger partial charge >= 0.3 is 0 Å². The number of nitrogens with one attached hydrogen (secondary N) is 1. The minimum Gasteiger partial charge on any atom is -0.371 e. The minimum atomic E-state index is 0.201. The van der Waals surface area contributed by atoms with E-state index in [2.05, 4.69) is 41.5 Å². The fourth-order valence-electron chi connectivity index (χ4n) is 3.56. The molecule has 6 heteroatoms. The fraction of sp³-hybridized carbons (Fsp3) is 0.500. The second kappa shape index (κ2) is 7.86. The molecular weight excluding hydrogens is 346 g/mol. The van der Waals surface area contributed by atoms with Gasteiger partial charge in [0.1, 0.15) is 11.1 Å². The molecule has 0 saturated carbocycles. The first-order valence-corrected chi connectivity index (χ1v) is 10.2. The highest BCUT2D eigenvalue weighted by molar-refractivity contribution is 7.11. The Morgan fingerprint density at radius 3 is 2.88 bits per heavy atom. The maximum atomic E-state index is 11.9. The number of carbonyl (C=O) groups excluding carboxylic acids is 1. The van der Waals surface area contributed by atoms with Crippen molar-refractivity contribution in [2.45, 2.75) is 51.3 Å². The molecule has 2 aromatic rings. The molecule has 26 heavy (non-hydrogen) atoms. The molecule has 138 valence electrons. The lowest BCUT2D eigenvalue weighted by Gasteiger charge is -2.18. The molecule has 1 amide bonds. The third-order valence-corrected chi connectivity index (χ3v) is 6.23. The summed E-state index contributed by atoms with van der Waals surface area (Å²) >= 11 is 1.74. The van der Waals surface area contributed by atoms with E-state index in [9.17, 15) is 4.79 Å². The van der Waals surface area contributed by atoms with Crippen LogP contribution in [0.1, 0.15) is 60.2 Å². The number of rotatable bonds is 6. The number of hydrogen-bond donors (Lipinski definition) is 1. The van der Waals surface area contributed by atoms with Crippen molar-refractivity contribution in [1.29, 1.82) is 0 Å². The van der Waals surface area contributed by atoms with Crippen molar-refractivity contribution in [3.63, 3.8) is 0 Å². The number of nitrogens with zero attached hydrogens (tertiary/aromatic N) is 2. The molecule has 0 aliphatic carbocycles. The van der Waals surface area contributed by atoms with Gasteiger partial charge in [0.25, 0.3) is 0 Å². The molecule has 2 saturated heterocycles. The highest BCUT2D eigenvalue weighted by Gasteiger charge is 2.22. The van der Waals surface area contributed by atoms with E-state index >= 15 is 0 Å². The van der Waals surface area contributed by atoms with E-state index in [1.165, 1.54) is 10.4 Å². The van der Waals surface area contributed by atoms with Crippen molar-refractivity contribution in [1.82, 2.24) is 10.3 Å². The molecule has 1 aromatic carbocycles. The fourth-order valence-corrected chi connectivity index (χ4v) is 4.51. The maximum absolute atomic E-state index is 11.9. The first-order chi connectivity index (χ1) is 12.7. The van der Waals surface area contributed by atoms with E-state index in [4.69, 9.17) is 4.74 Å².